The quantitative estimate of drug-likeness (QED) is 0.690. The number of ether oxygens (including phenoxy) is 1. The first-order valence-electron chi connectivity index (χ1n) is 8.59. The van der Waals surface area contributed by atoms with Crippen LogP contribution in [0.3, 0.4) is 0 Å². The predicted octanol–water partition coefficient (Wildman–Crippen LogP) is 3.66. The van der Waals surface area contributed by atoms with Crippen LogP contribution in [0, 0.1) is 0 Å². The first kappa shape index (κ1) is 17.7. The Morgan fingerprint density at radius 1 is 1.23 bits per heavy atom. The van der Waals surface area contributed by atoms with Crippen molar-refractivity contribution in [2.24, 2.45) is 4.99 Å². The van der Waals surface area contributed by atoms with Crippen molar-refractivity contribution in [1.29, 1.82) is 0 Å². The summed E-state index contributed by atoms with van der Waals surface area (Å²) in [5, 5.41) is 3.23. The molecule has 26 heavy (non-hydrogen) atoms. The number of aryl methyl sites for hydroxylation is 1. The highest BCUT2D eigenvalue weighted by Gasteiger charge is 2.17. The average molecular weight is 350 g/mol. The van der Waals surface area contributed by atoms with Crippen molar-refractivity contribution in [1.82, 2.24) is 14.8 Å². The van der Waals surface area contributed by atoms with Crippen molar-refractivity contribution in [3.05, 3.63) is 70.3 Å². The van der Waals surface area contributed by atoms with Gasteiger partial charge in [0.15, 0.2) is 5.82 Å². The average Bonchev–Trinajstić information content (AvgIpc) is 2.99. The third kappa shape index (κ3) is 3.59. The van der Waals surface area contributed by atoms with E-state index in [1.165, 1.54) is 0 Å². The van der Waals surface area contributed by atoms with Gasteiger partial charge in [-0.05, 0) is 49.7 Å². The predicted molar refractivity (Wildman–Crippen MR) is 103 cm³/mol. The molecule has 0 fully saturated rings. The Kier molecular flexibility index (Phi) is 5.31. The minimum atomic E-state index is -0.115. The first-order valence-corrected chi connectivity index (χ1v) is 8.59. The number of H-pyrrole nitrogens is 1. The number of aromatic nitrogens is 3. The molecule has 0 amide bonds. The van der Waals surface area contributed by atoms with Crippen LogP contribution in [-0.2, 0) is 6.42 Å². The molecule has 134 valence electrons. The summed E-state index contributed by atoms with van der Waals surface area (Å²) in [6.07, 6.45) is 3.38. The maximum Gasteiger partial charge on any atom is 0.280 e. The summed E-state index contributed by atoms with van der Waals surface area (Å²) < 4.78 is 6.74. The number of aromatic amines is 1. The molecule has 2 heterocycles. The van der Waals surface area contributed by atoms with Gasteiger partial charge in [-0.2, -0.15) is 0 Å². The fourth-order valence-electron chi connectivity index (χ4n) is 2.85. The molecule has 0 bridgehead atoms. The molecule has 6 nitrogen and oxygen atoms in total. The Bertz CT molecular complexity index is 954. The minimum Gasteiger partial charge on any atom is -0.497 e. The lowest BCUT2D eigenvalue weighted by atomic mass is 10.1. The molecule has 0 aliphatic carbocycles. The molecule has 0 saturated carbocycles. The summed E-state index contributed by atoms with van der Waals surface area (Å²) in [6.45, 7) is 3.93. The second-order valence-corrected chi connectivity index (χ2v) is 5.94. The molecule has 6 heteroatoms. The molecule has 0 saturated heterocycles. The number of nitrogens with zero attached hydrogens (tertiary/aromatic N) is 3. The van der Waals surface area contributed by atoms with Crippen LogP contribution in [0.5, 0.6) is 5.75 Å². The van der Waals surface area contributed by atoms with Crippen LogP contribution in [-0.4, -0.2) is 27.6 Å². The smallest absolute Gasteiger partial charge is 0.280 e. The number of rotatable bonds is 6. The number of nitrogens with one attached hydrogen (secondary N) is 1. The van der Waals surface area contributed by atoms with Gasteiger partial charge in [0.25, 0.3) is 5.56 Å². The standard InChI is InChI=1S/C20H22N4O2/c1-4-7-17-19(14(2)22-18-8-5-6-13-21-18)20(25)24(23-17)15-9-11-16(26-3)12-10-15/h5-6,8-13,23H,4,7H2,1-3H3/b22-14+. The van der Waals surface area contributed by atoms with Gasteiger partial charge in [-0.25, -0.2) is 14.7 Å². The molecule has 0 aliphatic heterocycles. The second-order valence-electron chi connectivity index (χ2n) is 5.94. The van der Waals surface area contributed by atoms with E-state index in [2.05, 4.69) is 22.0 Å². The van der Waals surface area contributed by atoms with Crippen molar-refractivity contribution >= 4 is 11.5 Å². The Hall–Kier alpha value is -3.15. The van der Waals surface area contributed by atoms with Crippen LogP contribution in [0.4, 0.5) is 5.82 Å². The Morgan fingerprint density at radius 2 is 2.00 bits per heavy atom. The highest BCUT2D eigenvalue weighted by atomic mass is 16.5. The summed E-state index contributed by atoms with van der Waals surface area (Å²) in [7, 11) is 1.62. The van der Waals surface area contributed by atoms with Crippen molar-refractivity contribution in [3.63, 3.8) is 0 Å². The summed E-state index contributed by atoms with van der Waals surface area (Å²) in [4.78, 5) is 21.8. The molecule has 0 radical (unpaired) electrons. The van der Waals surface area contributed by atoms with Gasteiger partial charge in [-0.15, -0.1) is 0 Å². The zero-order valence-electron chi connectivity index (χ0n) is 15.2. The highest BCUT2D eigenvalue weighted by molar-refractivity contribution is 6.00. The van der Waals surface area contributed by atoms with Gasteiger partial charge in [0.1, 0.15) is 5.75 Å². The van der Waals surface area contributed by atoms with Gasteiger partial charge in [0, 0.05) is 11.9 Å². The summed E-state index contributed by atoms with van der Waals surface area (Å²) in [5.74, 6) is 1.33. The fraction of sp³-hybridized carbons (Fsp3) is 0.250. The van der Waals surface area contributed by atoms with E-state index in [0.717, 1.165) is 30.0 Å². The molecule has 3 aromatic rings. The topological polar surface area (TPSA) is 72.3 Å². The molecule has 0 aliphatic rings. The molecular formula is C20H22N4O2. The molecule has 1 aromatic carbocycles. The van der Waals surface area contributed by atoms with Gasteiger partial charge >= 0.3 is 0 Å². The van der Waals surface area contributed by atoms with Crippen molar-refractivity contribution < 1.29 is 4.74 Å². The molecule has 0 unspecified atom stereocenters. The van der Waals surface area contributed by atoms with Crippen molar-refractivity contribution in [3.8, 4) is 11.4 Å². The van der Waals surface area contributed by atoms with Gasteiger partial charge in [0.2, 0.25) is 0 Å². The van der Waals surface area contributed by atoms with E-state index in [1.54, 1.807) is 18.0 Å². The molecule has 1 N–H and O–H groups in total. The van der Waals surface area contributed by atoms with Gasteiger partial charge in [-0.1, -0.05) is 19.4 Å². The van der Waals surface area contributed by atoms with Crippen LogP contribution in [0.25, 0.3) is 5.69 Å². The van der Waals surface area contributed by atoms with Crippen LogP contribution in [0.2, 0.25) is 0 Å². The molecule has 0 atom stereocenters. The van der Waals surface area contributed by atoms with E-state index >= 15 is 0 Å². The van der Waals surface area contributed by atoms with E-state index in [-0.39, 0.29) is 5.56 Å². The number of hydrogen-bond acceptors (Lipinski definition) is 4. The first-order chi connectivity index (χ1) is 12.6. The van der Waals surface area contributed by atoms with E-state index in [0.29, 0.717) is 17.1 Å². The third-order valence-electron chi connectivity index (χ3n) is 4.09. The molecule has 3 rings (SSSR count). The number of pyridine rings is 1. The maximum absolute atomic E-state index is 13.1. The van der Waals surface area contributed by atoms with Crippen molar-refractivity contribution in [2.45, 2.75) is 26.7 Å². The fourth-order valence-corrected chi connectivity index (χ4v) is 2.85. The van der Waals surface area contributed by atoms with Crippen LogP contribution >= 0.6 is 0 Å². The molecule has 2 aromatic heterocycles. The highest BCUT2D eigenvalue weighted by Crippen LogP contribution is 2.16. The zero-order valence-corrected chi connectivity index (χ0v) is 15.2. The number of methoxy groups -OCH3 is 1. The largest absolute Gasteiger partial charge is 0.497 e. The van der Waals surface area contributed by atoms with E-state index in [4.69, 9.17) is 4.74 Å². The lowest BCUT2D eigenvalue weighted by Crippen LogP contribution is -2.19. The van der Waals surface area contributed by atoms with E-state index < -0.39 is 0 Å². The monoisotopic (exact) mass is 350 g/mol. The minimum absolute atomic E-state index is 0.115. The van der Waals surface area contributed by atoms with Crippen LogP contribution in [0.15, 0.2) is 58.4 Å². The normalized spacial score (nSPS) is 11.6. The van der Waals surface area contributed by atoms with E-state index in [9.17, 15) is 4.79 Å². The third-order valence-corrected chi connectivity index (χ3v) is 4.09. The van der Waals surface area contributed by atoms with Crippen LogP contribution in [0.1, 0.15) is 31.5 Å². The van der Waals surface area contributed by atoms with Gasteiger partial charge < -0.3 is 4.74 Å². The number of hydrogen-bond donors (Lipinski definition) is 1. The zero-order chi connectivity index (χ0) is 18.5. The Morgan fingerprint density at radius 3 is 2.62 bits per heavy atom. The SMILES string of the molecule is CCCc1[nH]n(-c2ccc(OC)cc2)c(=O)c1/C(C)=N/c1ccccn1. The van der Waals surface area contributed by atoms with Gasteiger partial charge in [0.05, 0.1) is 24.1 Å². The second kappa shape index (κ2) is 7.82. The van der Waals surface area contributed by atoms with Crippen LogP contribution < -0.4 is 10.3 Å². The summed E-state index contributed by atoms with van der Waals surface area (Å²) in [6, 6.07) is 12.9. The lowest BCUT2D eigenvalue weighted by molar-refractivity contribution is 0.414. The number of aliphatic imine (C=N–C) groups is 1. The Labute approximate surface area is 152 Å². The lowest BCUT2D eigenvalue weighted by Gasteiger charge is -2.03. The van der Waals surface area contributed by atoms with E-state index in [1.807, 2.05) is 49.4 Å². The maximum atomic E-state index is 13.1. The Balaban J connectivity index is 2.08. The number of benzene rings is 1. The van der Waals surface area contributed by atoms with Gasteiger partial charge in [-0.3, -0.25) is 9.89 Å². The van der Waals surface area contributed by atoms with Crippen molar-refractivity contribution in [2.75, 3.05) is 7.11 Å². The summed E-state index contributed by atoms with van der Waals surface area (Å²) >= 11 is 0. The molecule has 0 spiro atoms. The molecular weight excluding hydrogens is 328 g/mol. The summed E-state index contributed by atoms with van der Waals surface area (Å²) in [5.41, 5.74) is 2.78.